The molecule has 1 amide bonds. The Hall–Kier alpha value is -1.77. The second-order valence-corrected chi connectivity index (χ2v) is 5.33. The summed E-state index contributed by atoms with van der Waals surface area (Å²) < 4.78 is 5.42. The number of ether oxygens (including phenoxy) is 1. The van der Waals surface area contributed by atoms with Gasteiger partial charge in [-0.3, -0.25) is 4.79 Å². The molecular formula is C17H23NO2. The lowest BCUT2D eigenvalue weighted by atomic mass is 9.94. The zero-order valence-electron chi connectivity index (χ0n) is 12.2. The molecule has 2 rings (SSSR count). The van der Waals surface area contributed by atoms with Gasteiger partial charge in [-0.1, -0.05) is 31.9 Å². The molecule has 108 valence electrons. The molecule has 0 spiro atoms. The fraction of sp³-hybridized carbons (Fsp3) is 0.471. The molecule has 20 heavy (non-hydrogen) atoms. The number of carbonyl (C=O) groups is 1. The van der Waals surface area contributed by atoms with E-state index in [0.29, 0.717) is 12.6 Å². The Morgan fingerprint density at radius 1 is 1.30 bits per heavy atom. The monoisotopic (exact) mass is 273 g/mol. The van der Waals surface area contributed by atoms with Crippen molar-refractivity contribution in [3.8, 4) is 5.75 Å². The van der Waals surface area contributed by atoms with E-state index >= 15 is 0 Å². The van der Waals surface area contributed by atoms with E-state index in [1.807, 2.05) is 36.2 Å². The van der Waals surface area contributed by atoms with Crippen molar-refractivity contribution in [3.05, 3.63) is 42.5 Å². The molecule has 0 radical (unpaired) electrons. The number of carbonyl (C=O) groups excluding carboxylic acids is 1. The molecule has 0 bridgehead atoms. The molecule has 1 aromatic carbocycles. The van der Waals surface area contributed by atoms with E-state index in [-0.39, 0.29) is 5.91 Å². The molecule has 1 aliphatic carbocycles. The second kappa shape index (κ2) is 7.13. The summed E-state index contributed by atoms with van der Waals surface area (Å²) >= 11 is 0. The van der Waals surface area contributed by atoms with Gasteiger partial charge >= 0.3 is 0 Å². The smallest absolute Gasteiger partial charge is 0.253 e. The first kappa shape index (κ1) is 14.6. The van der Waals surface area contributed by atoms with E-state index in [1.165, 1.54) is 19.3 Å². The third-order valence-corrected chi connectivity index (χ3v) is 3.91. The first-order valence-electron chi connectivity index (χ1n) is 7.33. The molecule has 3 heteroatoms. The van der Waals surface area contributed by atoms with Crippen molar-refractivity contribution in [2.45, 2.75) is 38.1 Å². The van der Waals surface area contributed by atoms with E-state index in [1.54, 1.807) is 6.08 Å². The lowest BCUT2D eigenvalue weighted by molar-refractivity contribution is 0.0696. The van der Waals surface area contributed by atoms with E-state index in [9.17, 15) is 4.79 Å². The second-order valence-electron chi connectivity index (χ2n) is 5.33. The lowest BCUT2D eigenvalue weighted by Gasteiger charge is -2.31. The summed E-state index contributed by atoms with van der Waals surface area (Å²) in [5.41, 5.74) is 0.726. The van der Waals surface area contributed by atoms with Crippen LogP contribution in [0.5, 0.6) is 5.75 Å². The Morgan fingerprint density at radius 2 is 1.95 bits per heavy atom. The highest BCUT2D eigenvalue weighted by Crippen LogP contribution is 2.23. The summed E-state index contributed by atoms with van der Waals surface area (Å²) in [6, 6.07) is 7.74. The fourth-order valence-electron chi connectivity index (χ4n) is 2.69. The van der Waals surface area contributed by atoms with Crippen LogP contribution in [-0.4, -0.2) is 30.5 Å². The summed E-state index contributed by atoms with van der Waals surface area (Å²) in [5, 5.41) is 0. The number of benzene rings is 1. The van der Waals surface area contributed by atoms with Gasteiger partial charge in [-0.2, -0.15) is 0 Å². The maximum Gasteiger partial charge on any atom is 0.253 e. The van der Waals surface area contributed by atoms with Gasteiger partial charge in [0.25, 0.3) is 5.91 Å². The van der Waals surface area contributed by atoms with Crippen LogP contribution >= 0.6 is 0 Å². The Bertz CT molecular complexity index is 447. The Labute approximate surface area is 121 Å². The van der Waals surface area contributed by atoms with Crippen LogP contribution in [0.3, 0.4) is 0 Å². The van der Waals surface area contributed by atoms with Gasteiger partial charge < -0.3 is 9.64 Å². The van der Waals surface area contributed by atoms with Gasteiger partial charge in [0.05, 0.1) is 0 Å². The normalized spacial score (nSPS) is 15.7. The van der Waals surface area contributed by atoms with E-state index in [4.69, 9.17) is 4.74 Å². The molecule has 1 fully saturated rings. The van der Waals surface area contributed by atoms with E-state index in [0.717, 1.165) is 24.2 Å². The topological polar surface area (TPSA) is 29.5 Å². The van der Waals surface area contributed by atoms with Crippen LogP contribution in [0.15, 0.2) is 36.9 Å². The minimum atomic E-state index is 0.104. The predicted molar refractivity (Wildman–Crippen MR) is 81.1 cm³/mol. The van der Waals surface area contributed by atoms with Crippen molar-refractivity contribution in [1.29, 1.82) is 0 Å². The van der Waals surface area contributed by atoms with E-state index in [2.05, 4.69) is 6.58 Å². The van der Waals surface area contributed by atoms with Crippen molar-refractivity contribution in [2.75, 3.05) is 13.7 Å². The van der Waals surface area contributed by atoms with Crippen molar-refractivity contribution in [1.82, 2.24) is 4.90 Å². The van der Waals surface area contributed by atoms with Crippen LogP contribution in [-0.2, 0) is 0 Å². The van der Waals surface area contributed by atoms with Crippen molar-refractivity contribution in [3.63, 3.8) is 0 Å². The van der Waals surface area contributed by atoms with Crippen molar-refractivity contribution >= 4 is 5.91 Å². The van der Waals surface area contributed by atoms with Crippen LogP contribution < -0.4 is 4.74 Å². The molecule has 0 N–H and O–H groups in total. The summed E-state index contributed by atoms with van der Waals surface area (Å²) in [6.07, 6.45) is 7.72. The molecule has 1 aliphatic rings. The highest BCUT2D eigenvalue weighted by Gasteiger charge is 2.22. The highest BCUT2D eigenvalue weighted by atomic mass is 16.5. The number of rotatable bonds is 5. The summed E-state index contributed by atoms with van der Waals surface area (Å²) in [6.45, 7) is 4.09. The molecule has 1 saturated carbocycles. The summed E-state index contributed by atoms with van der Waals surface area (Å²) in [4.78, 5) is 14.3. The number of hydrogen-bond donors (Lipinski definition) is 0. The molecule has 0 saturated heterocycles. The maximum absolute atomic E-state index is 12.4. The lowest BCUT2D eigenvalue weighted by Crippen LogP contribution is -2.38. The Morgan fingerprint density at radius 3 is 2.55 bits per heavy atom. The van der Waals surface area contributed by atoms with Gasteiger partial charge in [0.2, 0.25) is 0 Å². The third-order valence-electron chi connectivity index (χ3n) is 3.91. The van der Waals surface area contributed by atoms with Gasteiger partial charge in [-0.25, -0.2) is 0 Å². The quantitative estimate of drug-likeness (QED) is 0.766. The van der Waals surface area contributed by atoms with Gasteiger partial charge in [0, 0.05) is 18.7 Å². The number of hydrogen-bond acceptors (Lipinski definition) is 2. The molecule has 1 aromatic rings. The SMILES string of the molecule is C=CCOc1ccc(C(=O)N(C)C2CCCCC2)cc1. The van der Waals surface area contributed by atoms with Crippen LogP contribution in [0.4, 0.5) is 0 Å². The minimum absolute atomic E-state index is 0.104. The van der Waals surface area contributed by atoms with Crippen molar-refractivity contribution in [2.24, 2.45) is 0 Å². The molecule has 3 nitrogen and oxygen atoms in total. The van der Waals surface area contributed by atoms with Gasteiger partial charge in [-0.05, 0) is 37.1 Å². The highest BCUT2D eigenvalue weighted by molar-refractivity contribution is 5.94. The average Bonchev–Trinajstić information content (AvgIpc) is 2.53. The van der Waals surface area contributed by atoms with Crippen LogP contribution in [0.1, 0.15) is 42.5 Å². The number of amides is 1. The minimum Gasteiger partial charge on any atom is -0.490 e. The standard InChI is InChI=1S/C17H23NO2/c1-3-13-20-16-11-9-14(10-12-16)17(19)18(2)15-7-5-4-6-8-15/h3,9-12,15H,1,4-8,13H2,2H3. The summed E-state index contributed by atoms with van der Waals surface area (Å²) in [5.74, 6) is 0.869. The molecular weight excluding hydrogens is 250 g/mol. The van der Waals surface area contributed by atoms with Gasteiger partial charge in [0.1, 0.15) is 12.4 Å². The zero-order chi connectivity index (χ0) is 14.4. The van der Waals surface area contributed by atoms with Crippen LogP contribution in [0.2, 0.25) is 0 Å². The maximum atomic E-state index is 12.4. The predicted octanol–water partition coefficient (Wildman–Crippen LogP) is 3.66. The first-order chi connectivity index (χ1) is 9.72. The Kier molecular flexibility index (Phi) is 5.22. The van der Waals surface area contributed by atoms with Gasteiger partial charge in [-0.15, -0.1) is 0 Å². The van der Waals surface area contributed by atoms with Crippen LogP contribution in [0, 0.1) is 0 Å². The Balaban J connectivity index is 1.98. The molecule has 0 heterocycles. The molecule has 0 aliphatic heterocycles. The zero-order valence-corrected chi connectivity index (χ0v) is 12.2. The molecule has 0 aromatic heterocycles. The number of nitrogens with zero attached hydrogens (tertiary/aromatic N) is 1. The van der Waals surface area contributed by atoms with Crippen molar-refractivity contribution < 1.29 is 9.53 Å². The summed E-state index contributed by atoms with van der Waals surface area (Å²) in [7, 11) is 1.92. The van der Waals surface area contributed by atoms with Gasteiger partial charge in [0.15, 0.2) is 0 Å². The first-order valence-corrected chi connectivity index (χ1v) is 7.33. The molecule has 0 atom stereocenters. The van der Waals surface area contributed by atoms with E-state index < -0.39 is 0 Å². The third kappa shape index (κ3) is 3.62. The average molecular weight is 273 g/mol. The van der Waals surface area contributed by atoms with Crippen LogP contribution in [0.25, 0.3) is 0 Å². The molecule has 0 unspecified atom stereocenters. The fourth-order valence-corrected chi connectivity index (χ4v) is 2.69. The largest absolute Gasteiger partial charge is 0.490 e.